The number of nitrogens with zero attached hydrogens (tertiary/aromatic N) is 1. The number of nitrogens with one attached hydrogen (secondary N) is 1. The maximum Gasteiger partial charge on any atom is 0.250 e. The summed E-state index contributed by atoms with van der Waals surface area (Å²) in [7, 11) is -3.61. The van der Waals surface area contributed by atoms with E-state index in [-0.39, 0.29) is 22.1 Å². The van der Waals surface area contributed by atoms with Gasteiger partial charge in [-0.05, 0) is 32.9 Å². The number of thiophene rings is 1. The van der Waals surface area contributed by atoms with Crippen molar-refractivity contribution in [1.82, 2.24) is 9.62 Å². The molecule has 1 N–H and O–H groups in total. The molecule has 0 aromatic carbocycles. The smallest absolute Gasteiger partial charge is 0.250 e. The fourth-order valence-corrected chi connectivity index (χ4v) is 4.88. The summed E-state index contributed by atoms with van der Waals surface area (Å²) in [5.41, 5.74) is -0.302. The van der Waals surface area contributed by atoms with E-state index in [2.05, 4.69) is 4.72 Å². The summed E-state index contributed by atoms with van der Waals surface area (Å²) in [5.74, 6) is -0.0330. The molecule has 1 aromatic rings. The van der Waals surface area contributed by atoms with Gasteiger partial charge in [-0.15, -0.1) is 11.3 Å². The maximum atomic E-state index is 12.2. The minimum atomic E-state index is -3.61. The molecule has 1 aliphatic rings. The molecule has 1 aliphatic heterocycles. The van der Waals surface area contributed by atoms with Crippen molar-refractivity contribution in [2.45, 2.75) is 43.0 Å². The summed E-state index contributed by atoms with van der Waals surface area (Å²) in [4.78, 5) is 13.6. The molecular formula is C12H17ClN2O3S2. The maximum absolute atomic E-state index is 12.2. The Morgan fingerprint density at radius 3 is 2.50 bits per heavy atom. The minimum absolute atomic E-state index is 0.0330. The number of hydrogen-bond acceptors (Lipinski definition) is 4. The Hall–Kier alpha value is -0.630. The summed E-state index contributed by atoms with van der Waals surface area (Å²) < 4.78 is 27.5. The third-order valence-corrected chi connectivity index (χ3v) is 6.31. The van der Waals surface area contributed by atoms with Crippen molar-refractivity contribution in [1.29, 1.82) is 0 Å². The monoisotopic (exact) mass is 336 g/mol. The molecule has 20 heavy (non-hydrogen) atoms. The van der Waals surface area contributed by atoms with Crippen LogP contribution >= 0.6 is 22.9 Å². The van der Waals surface area contributed by atoms with Crippen LogP contribution in [0.15, 0.2) is 16.3 Å². The Morgan fingerprint density at radius 2 is 2.05 bits per heavy atom. The Bertz CT molecular complexity index is 619. The Kier molecular flexibility index (Phi) is 4.17. The predicted molar refractivity (Wildman–Crippen MR) is 79.5 cm³/mol. The summed E-state index contributed by atoms with van der Waals surface area (Å²) in [6.07, 6.45) is 0.190. The molecule has 0 spiro atoms. The largest absolute Gasteiger partial charge is 0.336 e. The molecule has 1 fully saturated rings. The summed E-state index contributed by atoms with van der Waals surface area (Å²) in [6, 6.07) is 2.61. The molecule has 1 unspecified atom stereocenters. The zero-order chi connectivity index (χ0) is 15.1. The summed E-state index contributed by atoms with van der Waals surface area (Å²) >= 11 is 6.75. The minimum Gasteiger partial charge on any atom is -0.336 e. The number of halogens is 1. The highest BCUT2D eigenvalue weighted by Crippen LogP contribution is 2.27. The van der Waals surface area contributed by atoms with Crippen molar-refractivity contribution in [3.63, 3.8) is 0 Å². The number of likely N-dealkylation sites (tertiary alicyclic amines) is 1. The van der Waals surface area contributed by atoms with Crippen LogP contribution in [-0.2, 0) is 14.8 Å². The molecule has 2 heterocycles. The highest BCUT2D eigenvalue weighted by molar-refractivity contribution is 7.91. The van der Waals surface area contributed by atoms with Crippen LogP contribution in [0.3, 0.4) is 0 Å². The van der Waals surface area contributed by atoms with Crippen molar-refractivity contribution < 1.29 is 13.2 Å². The number of amides is 1. The molecule has 1 amide bonds. The fraction of sp³-hybridized carbons (Fsp3) is 0.583. The highest BCUT2D eigenvalue weighted by Gasteiger charge is 2.38. The van der Waals surface area contributed by atoms with Gasteiger partial charge in [0.1, 0.15) is 4.21 Å². The molecule has 0 saturated carbocycles. The first-order valence-corrected chi connectivity index (χ1v) is 8.85. The van der Waals surface area contributed by atoms with E-state index in [1.165, 1.54) is 6.07 Å². The average molecular weight is 337 g/mol. The molecule has 2 rings (SSSR count). The lowest BCUT2D eigenvalue weighted by Gasteiger charge is -2.32. The Morgan fingerprint density at radius 1 is 1.40 bits per heavy atom. The van der Waals surface area contributed by atoms with E-state index in [1.807, 2.05) is 20.8 Å². The van der Waals surface area contributed by atoms with Crippen LogP contribution in [0.2, 0.25) is 4.34 Å². The molecule has 0 aliphatic carbocycles. The second-order valence-corrected chi connectivity index (χ2v) is 9.41. The molecule has 0 radical (unpaired) electrons. The highest BCUT2D eigenvalue weighted by atomic mass is 35.5. The van der Waals surface area contributed by atoms with Gasteiger partial charge in [-0.25, -0.2) is 13.1 Å². The van der Waals surface area contributed by atoms with E-state index < -0.39 is 16.1 Å². The van der Waals surface area contributed by atoms with E-state index in [1.54, 1.807) is 11.0 Å². The quantitative estimate of drug-likeness (QED) is 0.919. The number of carbonyl (C=O) groups excluding carboxylic acids is 1. The van der Waals surface area contributed by atoms with Gasteiger partial charge in [-0.2, -0.15) is 0 Å². The first-order valence-electron chi connectivity index (χ1n) is 6.18. The van der Waals surface area contributed by atoms with Gasteiger partial charge in [0, 0.05) is 24.5 Å². The third kappa shape index (κ3) is 3.33. The number of rotatable bonds is 3. The van der Waals surface area contributed by atoms with Crippen molar-refractivity contribution in [2.75, 3.05) is 6.54 Å². The Labute approximate surface area is 128 Å². The van der Waals surface area contributed by atoms with Crippen LogP contribution in [0.4, 0.5) is 0 Å². The van der Waals surface area contributed by atoms with E-state index in [0.29, 0.717) is 10.9 Å². The third-order valence-electron chi connectivity index (χ3n) is 3.07. The standard InChI is InChI=1S/C12H17ClN2O3S2/c1-12(2,3)15-7-8(6-10(15)16)14-20(17,18)11-5-4-9(13)19-11/h4-5,8,14H,6-7H2,1-3H3. The molecular weight excluding hydrogens is 320 g/mol. The molecule has 5 nitrogen and oxygen atoms in total. The van der Waals surface area contributed by atoms with Gasteiger partial charge in [0.15, 0.2) is 0 Å². The normalized spacial score (nSPS) is 20.7. The number of carbonyl (C=O) groups is 1. The molecule has 1 atom stereocenters. The number of hydrogen-bond donors (Lipinski definition) is 1. The van der Waals surface area contributed by atoms with Crippen LogP contribution < -0.4 is 4.72 Å². The zero-order valence-corrected chi connectivity index (χ0v) is 13.9. The lowest BCUT2D eigenvalue weighted by atomic mass is 10.1. The molecule has 1 aromatic heterocycles. The number of sulfonamides is 1. The topological polar surface area (TPSA) is 66.5 Å². The van der Waals surface area contributed by atoms with E-state index in [4.69, 9.17) is 11.6 Å². The van der Waals surface area contributed by atoms with Gasteiger partial charge in [0.05, 0.1) is 4.34 Å². The fourth-order valence-electron chi connectivity index (χ4n) is 2.15. The van der Waals surface area contributed by atoms with Crippen molar-refractivity contribution in [3.8, 4) is 0 Å². The molecule has 1 saturated heterocycles. The van der Waals surface area contributed by atoms with Gasteiger partial charge in [-0.1, -0.05) is 11.6 Å². The molecule has 8 heteroatoms. The van der Waals surface area contributed by atoms with Gasteiger partial charge < -0.3 is 4.90 Å². The first-order chi connectivity index (χ1) is 9.09. The Balaban J connectivity index is 2.11. The van der Waals surface area contributed by atoms with Gasteiger partial charge in [0.25, 0.3) is 0 Å². The lowest BCUT2D eigenvalue weighted by Crippen LogP contribution is -2.44. The zero-order valence-electron chi connectivity index (χ0n) is 11.5. The predicted octanol–water partition coefficient (Wildman–Crippen LogP) is 2.08. The molecule has 112 valence electrons. The van der Waals surface area contributed by atoms with Crippen LogP contribution in [-0.4, -0.2) is 37.4 Å². The van der Waals surface area contributed by atoms with Gasteiger partial charge >= 0.3 is 0 Å². The van der Waals surface area contributed by atoms with E-state index >= 15 is 0 Å². The van der Waals surface area contributed by atoms with Crippen LogP contribution in [0, 0.1) is 0 Å². The van der Waals surface area contributed by atoms with Gasteiger partial charge in [-0.3, -0.25) is 4.79 Å². The van der Waals surface area contributed by atoms with Crippen molar-refractivity contribution >= 4 is 38.9 Å². The second-order valence-electron chi connectivity index (χ2n) is 5.76. The summed E-state index contributed by atoms with van der Waals surface area (Å²) in [5, 5.41) is 0. The SMILES string of the molecule is CC(C)(C)N1CC(NS(=O)(=O)c2ccc(Cl)s2)CC1=O. The van der Waals surface area contributed by atoms with Crippen molar-refractivity contribution in [2.24, 2.45) is 0 Å². The molecule has 0 bridgehead atoms. The van der Waals surface area contributed by atoms with Gasteiger partial charge in [0.2, 0.25) is 15.9 Å². The lowest BCUT2D eigenvalue weighted by molar-refractivity contribution is -0.131. The average Bonchev–Trinajstić information content (AvgIpc) is 2.84. The van der Waals surface area contributed by atoms with Crippen LogP contribution in [0.25, 0.3) is 0 Å². The first kappa shape index (κ1) is 15.8. The van der Waals surface area contributed by atoms with Crippen LogP contribution in [0.1, 0.15) is 27.2 Å². The van der Waals surface area contributed by atoms with Crippen molar-refractivity contribution in [3.05, 3.63) is 16.5 Å². The van der Waals surface area contributed by atoms with E-state index in [0.717, 1.165) is 11.3 Å². The second kappa shape index (κ2) is 5.29. The summed E-state index contributed by atoms with van der Waals surface area (Å²) in [6.45, 7) is 6.18. The van der Waals surface area contributed by atoms with Crippen LogP contribution in [0.5, 0.6) is 0 Å². The van der Waals surface area contributed by atoms with E-state index in [9.17, 15) is 13.2 Å².